The van der Waals surface area contributed by atoms with E-state index in [-0.39, 0.29) is 23.4 Å². The van der Waals surface area contributed by atoms with Gasteiger partial charge in [0.25, 0.3) is 0 Å². The van der Waals surface area contributed by atoms with Crippen molar-refractivity contribution in [3.63, 3.8) is 0 Å². The lowest BCUT2D eigenvalue weighted by Crippen LogP contribution is -2.42. The van der Waals surface area contributed by atoms with Gasteiger partial charge >= 0.3 is 0 Å². The van der Waals surface area contributed by atoms with Crippen molar-refractivity contribution in [2.75, 3.05) is 20.1 Å². The molecule has 1 aliphatic heterocycles. The number of hydrogen-bond donors (Lipinski definition) is 2. The van der Waals surface area contributed by atoms with E-state index < -0.39 is 0 Å². The SMILES string of the molecule is CNC(=O)C1(C)CCN(C(c2ccc(Br)s2)C(C)N)C1. The maximum absolute atomic E-state index is 12.0. The van der Waals surface area contributed by atoms with Gasteiger partial charge in [0.2, 0.25) is 5.91 Å². The van der Waals surface area contributed by atoms with Crippen LogP contribution in [0.2, 0.25) is 0 Å². The highest BCUT2D eigenvalue weighted by Gasteiger charge is 2.43. The zero-order valence-electron chi connectivity index (χ0n) is 12.1. The van der Waals surface area contributed by atoms with E-state index in [1.54, 1.807) is 18.4 Å². The van der Waals surface area contributed by atoms with Gasteiger partial charge in [-0.1, -0.05) is 0 Å². The van der Waals surface area contributed by atoms with E-state index in [1.807, 2.05) is 13.8 Å². The summed E-state index contributed by atoms with van der Waals surface area (Å²) in [4.78, 5) is 15.6. The number of nitrogens with one attached hydrogen (secondary N) is 1. The molecule has 0 saturated carbocycles. The lowest BCUT2D eigenvalue weighted by atomic mass is 9.89. The van der Waals surface area contributed by atoms with Gasteiger partial charge in [0.05, 0.1) is 15.2 Å². The number of carbonyl (C=O) groups is 1. The van der Waals surface area contributed by atoms with E-state index in [9.17, 15) is 4.79 Å². The van der Waals surface area contributed by atoms with Crippen LogP contribution < -0.4 is 11.1 Å². The minimum Gasteiger partial charge on any atom is -0.359 e. The number of rotatable bonds is 4. The summed E-state index contributed by atoms with van der Waals surface area (Å²) in [5.74, 6) is 0.121. The second kappa shape index (κ2) is 6.13. The molecule has 20 heavy (non-hydrogen) atoms. The topological polar surface area (TPSA) is 58.4 Å². The normalized spacial score (nSPS) is 26.4. The van der Waals surface area contributed by atoms with Crippen LogP contribution in [-0.2, 0) is 4.79 Å². The third-order valence-electron chi connectivity index (χ3n) is 4.06. The molecule has 2 rings (SSSR count). The van der Waals surface area contributed by atoms with Crippen LogP contribution in [0, 0.1) is 5.41 Å². The summed E-state index contributed by atoms with van der Waals surface area (Å²) >= 11 is 5.23. The van der Waals surface area contributed by atoms with Crippen molar-refractivity contribution in [2.24, 2.45) is 11.1 Å². The molecule has 0 bridgehead atoms. The van der Waals surface area contributed by atoms with Crippen molar-refractivity contribution in [1.29, 1.82) is 0 Å². The van der Waals surface area contributed by atoms with Crippen LogP contribution in [0.5, 0.6) is 0 Å². The van der Waals surface area contributed by atoms with E-state index in [4.69, 9.17) is 5.73 Å². The van der Waals surface area contributed by atoms with Crippen molar-refractivity contribution in [1.82, 2.24) is 10.2 Å². The van der Waals surface area contributed by atoms with Gasteiger partial charge in [-0.2, -0.15) is 0 Å². The van der Waals surface area contributed by atoms with Gasteiger partial charge in [0.15, 0.2) is 0 Å². The van der Waals surface area contributed by atoms with Gasteiger partial charge in [-0.25, -0.2) is 0 Å². The van der Waals surface area contributed by atoms with Gasteiger partial charge in [-0.05, 0) is 54.9 Å². The van der Waals surface area contributed by atoms with Crippen LogP contribution in [0.25, 0.3) is 0 Å². The van der Waals surface area contributed by atoms with Crippen LogP contribution in [0.3, 0.4) is 0 Å². The summed E-state index contributed by atoms with van der Waals surface area (Å²) in [5.41, 5.74) is 5.89. The molecule has 3 unspecified atom stereocenters. The zero-order chi connectivity index (χ0) is 14.9. The molecule has 1 saturated heterocycles. The minimum atomic E-state index is -0.309. The molecular weight excluding hydrogens is 338 g/mol. The summed E-state index contributed by atoms with van der Waals surface area (Å²) in [6.45, 7) is 5.74. The Kier molecular flexibility index (Phi) is 4.89. The van der Waals surface area contributed by atoms with Crippen molar-refractivity contribution in [3.8, 4) is 0 Å². The summed E-state index contributed by atoms with van der Waals surface area (Å²) in [6.07, 6.45) is 0.877. The summed E-state index contributed by atoms with van der Waals surface area (Å²) in [7, 11) is 1.70. The molecule has 1 aliphatic rings. The highest BCUT2D eigenvalue weighted by atomic mass is 79.9. The fraction of sp³-hybridized carbons (Fsp3) is 0.643. The minimum absolute atomic E-state index is 0.0348. The molecular formula is C14H22BrN3OS. The zero-order valence-corrected chi connectivity index (χ0v) is 14.6. The molecule has 1 aromatic heterocycles. The van der Waals surface area contributed by atoms with Crippen molar-refractivity contribution < 1.29 is 4.79 Å². The number of likely N-dealkylation sites (tertiary alicyclic amines) is 1. The number of amides is 1. The Bertz CT molecular complexity index is 491. The summed E-state index contributed by atoms with van der Waals surface area (Å²) < 4.78 is 1.12. The first-order valence-corrected chi connectivity index (χ1v) is 8.45. The molecule has 0 aromatic carbocycles. The second-order valence-corrected chi connectivity index (χ2v) is 8.30. The lowest BCUT2D eigenvalue weighted by Gasteiger charge is -2.31. The Morgan fingerprint density at radius 3 is 2.80 bits per heavy atom. The van der Waals surface area contributed by atoms with E-state index in [0.29, 0.717) is 0 Å². The molecule has 0 radical (unpaired) electrons. The maximum atomic E-state index is 12.0. The van der Waals surface area contributed by atoms with E-state index in [1.165, 1.54) is 4.88 Å². The Labute approximate surface area is 132 Å². The van der Waals surface area contributed by atoms with E-state index in [2.05, 4.69) is 38.3 Å². The molecule has 1 amide bonds. The number of thiophene rings is 1. The number of halogens is 1. The molecule has 2 heterocycles. The molecule has 112 valence electrons. The molecule has 3 N–H and O–H groups in total. The Balaban J connectivity index is 2.19. The van der Waals surface area contributed by atoms with Gasteiger partial charge < -0.3 is 11.1 Å². The molecule has 1 fully saturated rings. The largest absolute Gasteiger partial charge is 0.359 e. The average molecular weight is 360 g/mol. The Morgan fingerprint density at radius 1 is 1.60 bits per heavy atom. The van der Waals surface area contributed by atoms with Crippen LogP contribution >= 0.6 is 27.3 Å². The van der Waals surface area contributed by atoms with Crippen LogP contribution in [0.1, 0.15) is 31.2 Å². The Hall–Kier alpha value is -0.430. The standard InChI is InChI=1S/C14H22BrN3OS/c1-9(16)12(10-4-5-11(15)20-10)18-7-6-14(2,8-18)13(19)17-3/h4-5,9,12H,6-8,16H2,1-3H3,(H,17,19). The molecule has 1 aromatic rings. The number of nitrogens with zero attached hydrogens (tertiary/aromatic N) is 1. The molecule has 6 heteroatoms. The van der Waals surface area contributed by atoms with Gasteiger partial charge in [-0.3, -0.25) is 9.69 Å². The maximum Gasteiger partial charge on any atom is 0.227 e. The van der Waals surface area contributed by atoms with Gasteiger partial charge in [0, 0.05) is 24.5 Å². The monoisotopic (exact) mass is 359 g/mol. The predicted molar refractivity (Wildman–Crippen MR) is 86.8 cm³/mol. The van der Waals surface area contributed by atoms with Crippen molar-refractivity contribution in [2.45, 2.75) is 32.4 Å². The molecule has 3 atom stereocenters. The molecule has 0 spiro atoms. The number of hydrogen-bond acceptors (Lipinski definition) is 4. The third kappa shape index (κ3) is 3.08. The van der Waals surface area contributed by atoms with Crippen LogP contribution in [0.4, 0.5) is 0 Å². The number of nitrogens with two attached hydrogens (primary N) is 1. The fourth-order valence-corrected chi connectivity index (χ4v) is 4.65. The molecule has 0 aliphatic carbocycles. The second-order valence-electron chi connectivity index (χ2n) is 5.81. The third-order valence-corrected chi connectivity index (χ3v) is 5.75. The van der Waals surface area contributed by atoms with Crippen molar-refractivity contribution >= 4 is 33.2 Å². The van der Waals surface area contributed by atoms with Crippen molar-refractivity contribution in [3.05, 3.63) is 20.8 Å². The smallest absolute Gasteiger partial charge is 0.227 e. The fourth-order valence-electron chi connectivity index (χ4n) is 2.98. The summed E-state index contributed by atoms with van der Waals surface area (Å²) in [5, 5.41) is 2.78. The van der Waals surface area contributed by atoms with E-state index >= 15 is 0 Å². The first kappa shape index (κ1) is 15.9. The van der Waals surface area contributed by atoms with Gasteiger partial charge in [0.1, 0.15) is 0 Å². The average Bonchev–Trinajstić information content (AvgIpc) is 2.97. The highest BCUT2D eigenvalue weighted by Crippen LogP contribution is 2.39. The summed E-state index contributed by atoms with van der Waals surface area (Å²) in [6, 6.07) is 4.40. The number of carbonyl (C=O) groups excluding carboxylic acids is 1. The lowest BCUT2D eigenvalue weighted by molar-refractivity contribution is -0.129. The quantitative estimate of drug-likeness (QED) is 0.867. The highest BCUT2D eigenvalue weighted by molar-refractivity contribution is 9.11. The van der Waals surface area contributed by atoms with E-state index in [0.717, 1.165) is 23.3 Å². The van der Waals surface area contributed by atoms with Crippen LogP contribution in [-0.4, -0.2) is 37.0 Å². The first-order chi connectivity index (χ1) is 9.37. The predicted octanol–water partition coefficient (Wildman–Crippen LogP) is 2.36. The van der Waals surface area contributed by atoms with Crippen LogP contribution in [0.15, 0.2) is 15.9 Å². The molecule has 4 nitrogen and oxygen atoms in total. The Morgan fingerprint density at radius 2 is 2.30 bits per heavy atom. The van der Waals surface area contributed by atoms with Gasteiger partial charge in [-0.15, -0.1) is 11.3 Å². The first-order valence-electron chi connectivity index (χ1n) is 6.84.